The van der Waals surface area contributed by atoms with E-state index in [-0.39, 0.29) is 12.1 Å². The number of hydrogen-bond acceptors (Lipinski definition) is 1. The molecule has 1 aromatic rings. The topological polar surface area (TPSA) is 12.0 Å². The van der Waals surface area contributed by atoms with Gasteiger partial charge in [-0.25, -0.2) is 13.2 Å². The Kier molecular flexibility index (Phi) is 5.31. The van der Waals surface area contributed by atoms with Gasteiger partial charge in [0, 0.05) is 24.2 Å². The highest BCUT2D eigenvalue weighted by Crippen LogP contribution is 2.33. The van der Waals surface area contributed by atoms with Crippen molar-refractivity contribution in [3.05, 3.63) is 35.1 Å². The highest BCUT2D eigenvalue weighted by Gasteiger charge is 2.30. The molecular formula is C17H24F3N. The molecule has 1 N–H and O–H groups in total. The molecule has 21 heavy (non-hydrogen) atoms. The Bertz CT molecular complexity index is 487. The van der Waals surface area contributed by atoms with Crippen molar-refractivity contribution in [2.75, 3.05) is 0 Å². The average Bonchev–Trinajstić information content (AvgIpc) is 2.41. The summed E-state index contributed by atoms with van der Waals surface area (Å²) in [5.41, 5.74) is 0.189. The first-order valence-electron chi connectivity index (χ1n) is 7.75. The van der Waals surface area contributed by atoms with Gasteiger partial charge < -0.3 is 5.32 Å². The lowest BCUT2D eigenvalue weighted by atomic mass is 9.74. The normalized spacial score (nSPS) is 26.3. The number of halogens is 3. The predicted molar refractivity (Wildman–Crippen MR) is 78.3 cm³/mol. The van der Waals surface area contributed by atoms with Crippen LogP contribution in [0.25, 0.3) is 0 Å². The largest absolute Gasteiger partial charge is 0.310 e. The lowest BCUT2D eigenvalue weighted by Gasteiger charge is -2.38. The van der Waals surface area contributed by atoms with Crippen LogP contribution >= 0.6 is 0 Å². The second-order valence-electron chi connectivity index (χ2n) is 6.67. The second kappa shape index (κ2) is 6.82. The summed E-state index contributed by atoms with van der Waals surface area (Å²) >= 11 is 0. The van der Waals surface area contributed by atoms with Crippen LogP contribution in [0.2, 0.25) is 0 Å². The Morgan fingerprint density at radius 1 is 1.10 bits per heavy atom. The van der Waals surface area contributed by atoms with Gasteiger partial charge in [0.1, 0.15) is 5.82 Å². The lowest BCUT2D eigenvalue weighted by Crippen LogP contribution is -2.42. The minimum atomic E-state index is -1.14. The van der Waals surface area contributed by atoms with E-state index in [1.807, 2.05) is 0 Å². The predicted octanol–water partition coefficient (Wildman–Crippen LogP) is 4.65. The van der Waals surface area contributed by atoms with Gasteiger partial charge in [-0.1, -0.05) is 27.2 Å². The van der Waals surface area contributed by atoms with E-state index < -0.39 is 17.5 Å². The van der Waals surface area contributed by atoms with E-state index in [0.717, 1.165) is 18.9 Å². The van der Waals surface area contributed by atoms with Crippen LogP contribution in [-0.2, 0) is 6.54 Å². The maximum atomic E-state index is 13.7. The molecule has 1 aromatic carbocycles. The zero-order valence-electron chi connectivity index (χ0n) is 12.9. The molecule has 1 nitrogen and oxygen atoms in total. The maximum Gasteiger partial charge on any atom is 0.161 e. The molecule has 3 unspecified atom stereocenters. The fourth-order valence-corrected chi connectivity index (χ4v) is 3.38. The van der Waals surface area contributed by atoms with Crippen LogP contribution in [0.5, 0.6) is 0 Å². The number of benzene rings is 1. The Labute approximate surface area is 124 Å². The van der Waals surface area contributed by atoms with E-state index in [2.05, 4.69) is 26.1 Å². The minimum Gasteiger partial charge on any atom is -0.310 e. The van der Waals surface area contributed by atoms with E-state index in [1.54, 1.807) is 0 Å². The summed E-state index contributed by atoms with van der Waals surface area (Å²) in [4.78, 5) is 0. The molecule has 1 aliphatic rings. The molecule has 1 fully saturated rings. The summed E-state index contributed by atoms with van der Waals surface area (Å²) in [7, 11) is 0. The van der Waals surface area contributed by atoms with Crippen molar-refractivity contribution in [1.29, 1.82) is 0 Å². The molecule has 0 saturated heterocycles. The molecule has 0 aromatic heterocycles. The molecule has 4 heteroatoms. The zero-order valence-corrected chi connectivity index (χ0v) is 12.9. The first-order valence-corrected chi connectivity index (χ1v) is 7.75. The van der Waals surface area contributed by atoms with Crippen LogP contribution in [0.4, 0.5) is 13.2 Å². The fourth-order valence-electron chi connectivity index (χ4n) is 3.38. The van der Waals surface area contributed by atoms with Crippen molar-refractivity contribution in [1.82, 2.24) is 5.32 Å². The summed E-state index contributed by atoms with van der Waals surface area (Å²) in [5.74, 6) is -1.06. The van der Waals surface area contributed by atoms with Gasteiger partial charge in [-0.3, -0.25) is 0 Å². The first-order chi connectivity index (χ1) is 9.88. The van der Waals surface area contributed by atoms with Crippen LogP contribution in [0.1, 0.15) is 45.6 Å². The molecule has 0 radical (unpaired) electrons. The third-order valence-electron chi connectivity index (χ3n) is 4.67. The summed E-state index contributed by atoms with van der Waals surface area (Å²) in [5, 5.41) is 3.36. The summed E-state index contributed by atoms with van der Waals surface area (Å²) in [6.45, 7) is 6.87. The van der Waals surface area contributed by atoms with Crippen LogP contribution < -0.4 is 5.32 Å². The van der Waals surface area contributed by atoms with Gasteiger partial charge in [0.05, 0.1) is 0 Å². The summed E-state index contributed by atoms with van der Waals surface area (Å²) < 4.78 is 39.8. The van der Waals surface area contributed by atoms with Crippen LogP contribution in [0.15, 0.2) is 12.1 Å². The first kappa shape index (κ1) is 16.3. The van der Waals surface area contributed by atoms with Crippen LogP contribution in [-0.4, -0.2) is 6.04 Å². The van der Waals surface area contributed by atoms with Crippen molar-refractivity contribution in [2.24, 2.45) is 17.8 Å². The van der Waals surface area contributed by atoms with E-state index in [1.165, 1.54) is 6.42 Å². The van der Waals surface area contributed by atoms with Gasteiger partial charge in [0.2, 0.25) is 0 Å². The number of nitrogens with one attached hydrogen (secondary N) is 1. The fraction of sp³-hybridized carbons (Fsp3) is 0.647. The number of hydrogen-bond donors (Lipinski definition) is 1. The van der Waals surface area contributed by atoms with Gasteiger partial charge in [-0.05, 0) is 36.7 Å². The summed E-state index contributed by atoms with van der Waals surface area (Å²) in [6.07, 6.45) is 3.44. The van der Waals surface area contributed by atoms with Crippen LogP contribution in [0.3, 0.4) is 0 Å². The molecule has 0 heterocycles. The van der Waals surface area contributed by atoms with Gasteiger partial charge >= 0.3 is 0 Å². The Balaban J connectivity index is 2.05. The van der Waals surface area contributed by atoms with E-state index in [0.29, 0.717) is 29.9 Å². The molecule has 118 valence electrons. The maximum absolute atomic E-state index is 13.7. The molecule has 3 atom stereocenters. The highest BCUT2D eigenvalue weighted by atomic mass is 19.2. The summed E-state index contributed by atoms with van der Waals surface area (Å²) in [6, 6.07) is 1.88. The Morgan fingerprint density at radius 2 is 1.76 bits per heavy atom. The van der Waals surface area contributed by atoms with Crippen molar-refractivity contribution in [3.8, 4) is 0 Å². The quantitative estimate of drug-likeness (QED) is 0.798. The zero-order chi connectivity index (χ0) is 15.6. The van der Waals surface area contributed by atoms with Crippen LogP contribution in [0, 0.1) is 35.2 Å². The SMILES string of the molecule is CC1CCC(C(C)C)C(NCc2cc(F)c(F)cc2F)C1. The third kappa shape index (κ3) is 4.00. The molecule has 0 bridgehead atoms. The highest BCUT2D eigenvalue weighted by molar-refractivity contribution is 5.20. The van der Waals surface area contributed by atoms with Gasteiger partial charge in [-0.2, -0.15) is 0 Å². The van der Waals surface area contributed by atoms with E-state index in [4.69, 9.17) is 0 Å². The molecule has 0 amide bonds. The smallest absolute Gasteiger partial charge is 0.161 e. The molecule has 0 spiro atoms. The molecule has 2 rings (SSSR count). The standard InChI is InChI=1S/C17H24F3N/c1-10(2)13-5-4-11(3)6-17(13)21-9-12-7-15(19)16(20)8-14(12)18/h7-8,10-11,13,17,21H,4-6,9H2,1-3H3. The van der Waals surface area contributed by atoms with Gasteiger partial charge in [0.15, 0.2) is 11.6 Å². The van der Waals surface area contributed by atoms with E-state index in [9.17, 15) is 13.2 Å². The molecular weight excluding hydrogens is 275 g/mol. The van der Waals surface area contributed by atoms with Gasteiger partial charge in [-0.15, -0.1) is 0 Å². The van der Waals surface area contributed by atoms with Crippen molar-refractivity contribution >= 4 is 0 Å². The second-order valence-corrected chi connectivity index (χ2v) is 6.67. The average molecular weight is 299 g/mol. The Morgan fingerprint density at radius 3 is 2.43 bits per heavy atom. The van der Waals surface area contributed by atoms with Crippen molar-refractivity contribution < 1.29 is 13.2 Å². The van der Waals surface area contributed by atoms with Crippen molar-refractivity contribution in [2.45, 2.75) is 52.6 Å². The molecule has 1 aliphatic carbocycles. The number of rotatable bonds is 4. The monoisotopic (exact) mass is 299 g/mol. The minimum absolute atomic E-state index is 0.189. The molecule has 1 saturated carbocycles. The third-order valence-corrected chi connectivity index (χ3v) is 4.67. The molecule has 0 aliphatic heterocycles. The van der Waals surface area contributed by atoms with Crippen molar-refractivity contribution in [3.63, 3.8) is 0 Å². The van der Waals surface area contributed by atoms with E-state index >= 15 is 0 Å². The Hall–Kier alpha value is -1.03. The van der Waals surface area contributed by atoms with Gasteiger partial charge in [0.25, 0.3) is 0 Å². The lowest BCUT2D eigenvalue weighted by molar-refractivity contribution is 0.168.